The van der Waals surface area contributed by atoms with Crippen LogP contribution in [0, 0.1) is 11.3 Å². The van der Waals surface area contributed by atoms with Crippen LogP contribution in [0.4, 0.5) is 0 Å². The van der Waals surface area contributed by atoms with Crippen LogP contribution in [0.1, 0.15) is 53.4 Å². The quantitative estimate of drug-likeness (QED) is 0.654. The fourth-order valence-electron chi connectivity index (χ4n) is 2.01. The average molecular weight is 197 g/mol. The molecular weight excluding hydrogens is 170 g/mol. The molecule has 2 aliphatic rings. The molecule has 1 heterocycles. The maximum absolute atomic E-state index is 2.67. The predicted molar refractivity (Wildman–Crippen MR) is 63.5 cm³/mol. The highest BCUT2D eigenvalue weighted by Crippen LogP contribution is 2.34. The smallest absolute Gasteiger partial charge is 0.000967 e. The maximum Gasteiger partial charge on any atom is 0.000967 e. The molecular formula is C13H27N. The standard InChI is InChI=1S/C11H21N.C2H6/c1-11(2)5-7-12(8-6-11)9-10-3-4-10;1-2/h10H,3-9H2,1-2H3;1-2H3. The van der Waals surface area contributed by atoms with Gasteiger partial charge in [0.2, 0.25) is 0 Å². The number of hydrogen-bond donors (Lipinski definition) is 0. The second kappa shape index (κ2) is 5.16. The van der Waals surface area contributed by atoms with E-state index in [0.29, 0.717) is 5.41 Å². The predicted octanol–water partition coefficient (Wildman–Crippen LogP) is 3.54. The van der Waals surface area contributed by atoms with Crippen molar-refractivity contribution in [3.63, 3.8) is 0 Å². The molecule has 1 nitrogen and oxygen atoms in total. The van der Waals surface area contributed by atoms with Gasteiger partial charge in [-0.15, -0.1) is 0 Å². The van der Waals surface area contributed by atoms with E-state index in [1.54, 1.807) is 0 Å². The Morgan fingerprint density at radius 1 is 1.07 bits per heavy atom. The highest BCUT2D eigenvalue weighted by Gasteiger charge is 2.29. The zero-order valence-electron chi connectivity index (χ0n) is 10.5. The summed E-state index contributed by atoms with van der Waals surface area (Å²) in [4.78, 5) is 2.67. The zero-order valence-corrected chi connectivity index (χ0v) is 10.5. The van der Waals surface area contributed by atoms with Gasteiger partial charge in [-0.05, 0) is 50.1 Å². The van der Waals surface area contributed by atoms with Crippen LogP contribution in [0.5, 0.6) is 0 Å². The van der Waals surface area contributed by atoms with Gasteiger partial charge in [-0.25, -0.2) is 0 Å². The van der Waals surface area contributed by atoms with E-state index in [-0.39, 0.29) is 0 Å². The third-order valence-electron chi connectivity index (χ3n) is 3.42. The summed E-state index contributed by atoms with van der Waals surface area (Å²) in [6.45, 7) is 12.9. The second-order valence-corrected chi connectivity index (χ2v) is 5.41. The Balaban J connectivity index is 0.000000461. The van der Waals surface area contributed by atoms with Gasteiger partial charge in [0.15, 0.2) is 0 Å². The third-order valence-corrected chi connectivity index (χ3v) is 3.42. The van der Waals surface area contributed by atoms with E-state index in [4.69, 9.17) is 0 Å². The molecule has 2 rings (SSSR count). The molecule has 2 fully saturated rings. The Kier molecular flexibility index (Phi) is 4.43. The number of likely N-dealkylation sites (tertiary alicyclic amines) is 1. The number of rotatable bonds is 2. The summed E-state index contributed by atoms with van der Waals surface area (Å²) in [5, 5.41) is 0. The van der Waals surface area contributed by atoms with E-state index in [1.165, 1.54) is 45.3 Å². The Labute approximate surface area is 89.9 Å². The van der Waals surface area contributed by atoms with Gasteiger partial charge in [-0.3, -0.25) is 0 Å². The van der Waals surface area contributed by atoms with E-state index < -0.39 is 0 Å². The Morgan fingerprint density at radius 2 is 1.57 bits per heavy atom. The molecule has 0 radical (unpaired) electrons. The minimum absolute atomic E-state index is 0.625. The molecule has 0 aromatic carbocycles. The summed E-state index contributed by atoms with van der Waals surface area (Å²) in [6, 6.07) is 0. The number of hydrogen-bond acceptors (Lipinski definition) is 1. The molecule has 1 heteroatoms. The summed E-state index contributed by atoms with van der Waals surface area (Å²) in [6.07, 6.45) is 5.80. The van der Waals surface area contributed by atoms with E-state index in [9.17, 15) is 0 Å². The van der Waals surface area contributed by atoms with Crippen LogP contribution in [0.25, 0.3) is 0 Å². The van der Waals surface area contributed by atoms with Gasteiger partial charge in [0.1, 0.15) is 0 Å². The van der Waals surface area contributed by atoms with Gasteiger partial charge in [-0.1, -0.05) is 27.7 Å². The lowest BCUT2D eigenvalue weighted by atomic mass is 9.82. The molecule has 0 aromatic rings. The summed E-state index contributed by atoms with van der Waals surface area (Å²) in [5.74, 6) is 1.08. The number of piperidine rings is 1. The van der Waals surface area contributed by atoms with Crippen LogP contribution in [0.2, 0.25) is 0 Å². The minimum atomic E-state index is 0.625. The molecule has 1 saturated carbocycles. The lowest BCUT2D eigenvalue weighted by molar-refractivity contribution is 0.128. The van der Waals surface area contributed by atoms with Crippen molar-refractivity contribution in [2.75, 3.05) is 19.6 Å². The van der Waals surface area contributed by atoms with Crippen molar-refractivity contribution >= 4 is 0 Å². The number of nitrogens with zero attached hydrogens (tertiary/aromatic N) is 1. The largest absolute Gasteiger partial charge is 0.303 e. The minimum Gasteiger partial charge on any atom is -0.303 e. The van der Waals surface area contributed by atoms with E-state index in [0.717, 1.165) is 5.92 Å². The molecule has 1 aliphatic carbocycles. The highest BCUT2D eigenvalue weighted by atomic mass is 15.1. The molecule has 0 atom stereocenters. The summed E-state index contributed by atoms with van der Waals surface area (Å²) < 4.78 is 0. The van der Waals surface area contributed by atoms with Crippen molar-refractivity contribution in [2.45, 2.75) is 53.4 Å². The molecule has 0 bridgehead atoms. The second-order valence-electron chi connectivity index (χ2n) is 5.41. The van der Waals surface area contributed by atoms with Crippen LogP contribution in [-0.4, -0.2) is 24.5 Å². The van der Waals surface area contributed by atoms with Gasteiger partial charge in [0.25, 0.3) is 0 Å². The first-order valence-corrected chi connectivity index (χ1v) is 6.38. The van der Waals surface area contributed by atoms with E-state index in [2.05, 4.69) is 18.7 Å². The fourth-order valence-corrected chi connectivity index (χ4v) is 2.01. The van der Waals surface area contributed by atoms with Crippen LogP contribution in [0.15, 0.2) is 0 Å². The molecule has 0 N–H and O–H groups in total. The molecule has 1 saturated heterocycles. The SMILES string of the molecule is CC.CC1(C)CCN(CC2CC2)CC1. The normalized spacial score (nSPS) is 26.6. The van der Waals surface area contributed by atoms with Crippen molar-refractivity contribution in [1.82, 2.24) is 4.90 Å². The Morgan fingerprint density at radius 3 is 2.00 bits per heavy atom. The van der Waals surface area contributed by atoms with E-state index >= 15 is 0 Å². The van der Waals surface area contributed by atoms with Crippen LogP contribution >= 0.6 is 0 Å². The van der Waals surface area contributed by atoms with Gasteiger partial charge >= 0.3 is 0 Å². The average Bonchev–Trinajstić information content (AvgIpc) is 2.96. The molecule has 0 unspecified atom stereocenters. The lowest BCUT2D eigenvalue weighted by Crippen LogP contribution is -2.38. The highest BCUT2D eigenvalue weighted by molar-refractivity contribution is 4.83. The molecule has 0 amide bonds. The zero-order chi connectivity index (χ0) is 10.6. The lowest BCUT2D eigenvalue weighted by Gasteiger charge is -2.36. The first-order valence-electron chi connectivity index (χ1n) is 6.38. The summed E-state index contributed by atoms with van der Waals surface area (Å²) in [7, 11) is 0. The molecule has 1 aliphatic heterocycles. The van der Waals surface area contributed by atoms with Crippen molar-refractivity contribution in [3.05, 3.63) is 0 Å². The van der Waals surface area contributed by atoms with Gasteiger partial charge < -0.3 is 4.90 Å². The van der Waals surface area contributed by atoms with Gasteiger partial charge in [0, 0.05) is 6.54 Å². The van der Waals surface area contributed by atoms with Crippen molar-refractivity contribution in [2.24, 2.45) is 11.3 Å². The molecule has 14 heavy (non-hydrogen) atoms. The topological polar surface area (TPSA) is 3.24 Å². The molecule has 0 spiro atoms. The third kappa shape index (κ3) is 4.00. The Bertz CT molecular complexity index is 149. The molecule has 84 valence electrons. The maximum atomic E-state index is 2.67. The summed E-state index contributed by atoms with van der Waals surface area (Å²) >= 11 is 0. The summed E-state index contributed by atoms with van der Waals surface area (Å²) in [5.41, 5.74) is 0.625. The van der Waals surface area contributed by atoms with Crippen LogP contribution in [-0.2, 0) is 0 Å². The van der Waals surface area contributed by atoms with E-state index in [1.807, 2.05) is 13.8 Å². The van der Waals surface area contributed by atoms with Gasteiger partial charge in [0.05, 0.1) is 0 Å². The van der Waals surface area contributed by atoms with Crippen molar-refractivity contribution < 1.29 is 0 Å². The monoisotopic (exact) mass is 197 g/mol. The van der Waals surface area contributed by atoms with Crippen molar-refractivity contribution in [1.29, 1.82) is 0 Å². The van der Waals surface area contributed by atoms with Crippen molar-refractivity contribution in [3.8, 4) is 0 Å². The van der Waals surface area contributed by atoms with Crippen LogP contribution in [0.3, 0.4) is 0 Å². The van der Waals surface area contributed by atoms with Gasteiger partial charge in [-0.2, -0.15) is 0 Å². The first-order chi connectivity index (χ1) is 6.66. The fraction of sp³-hybridized carbons (Fsp3) is 1.00. The van der Waals surface area contributed by atoms with Crippen LogP contribution < -0.4 is 0 Å². The first kappa shape index (κ1) is 12.0. The Hall–Kier alpha value is -0.0400. The molecule has 0 aromatic heterocycles.